The van der Waals surface area contributed by atoms with Crippen molar-refractivity contribution in [3.05, 3.63) is 0 Å². The molecule has 252 valence electrons. The van der Waals surface area contributed by atoms with Crippen molar-refractivity contribution in [2.24, 2.45) is 44.8 Å². The first-order chi connectivity index (χ1) is 20.3. The monoisotopic (exact) mass is 622 g/mol. The fourth-order valence-electron chi connectivity index (χ4n) is 13.3. The first-order valence-corrected chi connectivity index (χ1v) is 17.4. The molecule has 0 bridgehead atoms. The number of hydrogen-bond donors (Lipinski definition) is 6. The third-order valence-electron chi connectivity index (χ3n) is 15.5. The molecule has 0 aromatic carbocycles. The van der Waals surface area contributed by atoms with Crippen molar-refractivity contribution < 1.29 is 44.8 Å². The molecule has 7 rings (SSSR count). The molecule has 7 fully saturated rings. The van der Waals surface area contributed by atoms with Gasteiger partial charge in [0.25, 0.3) is 0 Å². The Kier molecular flexibility index (Phi) is 7.04. The molecule has 16 atom stereocenters. The minimum atomic E-state index is -1.37. The highest BCUT2D eigenvalue weighted by atomic mass is 16.7. The van der Waals surface area contributed by atoms with Crippen molar-refractivity contribution in [3.8, 4) is 0 Å². The second-order valence-electron chi connectivity index (χ2n) is 18.3. The Balaban J connectivity index is 1.25. The van der Waals surface area contributed by atoms with Gasteiger partial charge < -0.3 is 44.8 Å². The maximum atomic E-state index is 12.0. The Morgan fingerprint density at radius 2 is 1.48 bits per heavy atom. The number of aliphatic hydroxyl groups excluding tert-OH is 5. The van der Waals surface area contributed by atoms with Crippen LogP contribution < -0.4 is 0 Å². The van der Waals surface area contributed by atoms with Gasteiger partial charge in [-0.05, 0) is 117 Å². The van der Waals surface area contributed by atoms with Crippen LogP contribution in [0.15, 0.2) is 0 Å². The molecule has 0 amide bonds. The molecule has 2 aliphatic heterocycles. The average molecular weight is 623 g/mol. The summed E-state index contributed by atoms with van der Waals surface area (Å²) in [6.07, 6.45) is 1.29. The summed E-state index contributed by atoms with van der Waals surface area (Å²) in [4.78, 5) is 0. The summed E-state index contributed by atoms with van der Waals surface area (Å²) in [6, 6.07) is 0. The van der Waals surface area contributed by atoms with Gasteiger partial charge in [0.15, 0.2) is 6.29 Å². The Morgan fingerprint density at radius 1 is 0.773 bits per heavy atom. The van der Waals surface area contributed by atoms with Crippen molar-refractivity contribution in [1.82, 2.24) is 0 Å². The van der Waals surface area contributed by atoms with Crippen LogP contribution in [0.3, 0.4) is 0 Å². The minimum absolute atomic E-state index is 0.00574. The molecule has 5 saturated carbocycles. The zero-order valence-corrected chi connectivity index (χ0v) is 27.8. The molecule has 9 heteroatoms. The van der Waals surface area contributed by atoms with E-state index < -0.39 is 53.4 Å². The topological polar surface area (TPSA) is 149 Å². The summed E-state index contributed by atoms with van der Waals surface area (Å²) >= 11 is 0. The number of rotatable bonds is 4. The van der Waals surface area contributed by atoms with E-state index in [1.54, 1.807) is 0 Å². The molecule has 44 heavy (non-hydrogen) atoms. The number of fused-ring (bicyclic) bond motifs is 2. The standard InChI is InChI=1S/C35H58O9/c1-29(2)22(38)8-11-35-17-34(35)13-12-31(5)26(33(7)10-9-23(44-33)30(3,4)41)18(36)15-32(31,6)21(34)14-20(27(29)35)43-28-25(40)24(39)19(37)16-42-28/h18-28,36-41H,8-17H2,1-7H3/t18?,19-,20?,21+,22?,23?,24+,25-,26+,27+,28+,31-,32+,33+,34+,35-/m1/s1. The van der Waals surface area contributed by atoms with E-state index in [4.69, 9.17) is 14.2 Å². The molecule has 0 aromatic heterocycles. The molecule has 4 unspecified atom stereocenters. The molecule has 2 saturated heterocycles. The fraction of sp³-hybridized carbons (Fsp3) is 1.00. The van der Waals surface area contributed by atoms with Crippen LogP contribution in [-0.4, -0.2) is 97.5 Å². The van der Waals surface area contributed by atoms with Gasteiger partial charge in [-0.3, -0.25) is 0 Å². The van der Waals surface area contributed by atoms with Crippen LogP contribution in [0.4, 0.5) is 0 Å². The van der Waals surface area contributed by atoms with Gasteiger partial charge in [-0.1, -0.05) is 27.7 Å². The molecular weight excluding hydrogens is 564 g/mol. The Morgan fingerprint density at radius 3 is 2.14 bits per heavy atom. The summed E-state index contributed by atoms with van der Waals surface area (Å²) in [5, 5.41) is 65.6. The second kappa shape index (κ2) is 9.63. The van der Waals surface area contributed by atoms with Crippen molar-refractivity contribution in [2.75, 3.05) is 6.61 Å². The minimum Gasteiger partial charge on any atom is -0.393 e. The lowest BCUT2D eigenvalue weighted by molar-refractivity contribution is -0.310. The van der Waals surface area contributed by atoms with Crippen LogP contribution >= 0.6 is 0 Å². The van der Waals surface area contributed by atoms with Crippen LogP contribution in [0, 0.1) is 44.8 Å². The Labute approximate surface area is 262 Å². The van der Waals surface area contributed by atoms with E-state index in [2.05, 4.69) is 34.6 Å². The van der Waals surface area contributed by atoms with Crippen molar-refractivity contribution in [1.29, 1.82) is 0 Å². The van der Waals surface area contributed by atoms with E-state index in [9.17, 15) is 30.6 Å². The molecule has 0 radical (unpaired) electrons. The van der Waals surface area contributed by atoms with E-state index in [1.807, 2.05) is 13.8 Å². The largest absolute Gasteiger partial charge is 0.393 e. The van der Waals surface area contributed by atoms with Gasteiger partial charge in [-0.15, -0.1) is 0 Å². The SMILES string of the molecule is CC(C)(O)C1CC[C@@](C)([C@H]2C(O)C[C@@]3(C)[C@@H]4CC(O[C@@H]5OC[C@@H](O)[C@H](O)[C@H]5O)[C@H]5C(C)(C)C(O)CC[C@@]56C[C@@]46CC[C@]23C)O1. The van der Waals surface area contributed by atoms with Crippen molar-refractivity contribution in [3.63, 3.8) is 0 Å². The summed E-state index contributed by atoms with van der Waals surface area (Å²) < 4.78 is 19.3. The van der Waals surface area contributed by atoms with Gasteiger partial charge in [0.1, 0.15) is 18.3 Å². The maximum absolute atomic E-state index is 12.0. The summed E-state index contributed by atoms with van der Waals surface area (Å²) in [6.45, 7) is 14.8. The van der Waals surface area contributed by atoms with Crippen LogP contribution in [0.1, 0.15) is 106 Å². The number of hydrogen-bond acceptors (Lipinski definition) is 9. The zero-order valence-electron chi connectivity index (χ0n) is 27.8. The van der Waals surface area contributed by atoms with E-state index in [-0.39, 0.29) is 58.2 Å². The van der Waals surface area contributed by atoms with Gasteiger partial charge in [0.05, 0.1) is 42.2 Å². The molecule has 2 heterocycles. The fourth-order valence-corrected chi connectivity index (χ4v) is 13.3. The molecule has 7 aliphatic rings. The van der Waals surface area contributed by atoms with Gasteiger partial charge in [-0.2, -0.15) is 0 Å². The van der Waals surface area contributed by atoms with Crippen molar-refractivity contribution in [2.45, 2.75) is 166 Å². The highest BCUT2D eigenvalue weighted by Gasteiger charge is 2.85. The van der Waals surface area contributed by atoms with Gasteiger partial charge in [0, 0.05) is 5.92 Å². The van der Waals surface area contributed by atoms with Crippen LogP contribution in [0.5, 0.6) is 0 Å². The van der Waals surface area contributed by atoms with E-state index >= 15 is 0 Å². The summed E-state index contributed by atoms with van der Waals surface area (Å²) in [7, 11) is 0. The first kappa shape index (κ1) is 32.2. The Bertz CT molecular complexity index is 1160. The molecule has 5 aliphatic carbocycles. The molecular formula is C35H58O9. The first-order valence-electron chi connectivity index (χ1n) is 17.4. The predicted octanol–water partition coefficient (Wildman–Crippen LogP) is 2.90. The number of aliphatic hydroxyl groups is 6. The molecule has 0 aromatic rings. The molecule has 9 nitrogen and oxygen atoms in total. The Hall–Kier alpha value is -0.360. The maximum Gasteiger partial charge on any atom is 0.186 e. The van der Waals surface area contributed by atoms with E-state index in [0.717, 1.165) is 51.4 Å². The van der Waals surface area contributed by atoms with Crippen LogP contribution in [0.2, 0.25) is 0 Å². The number of ether oxygens (including phenoxy) is 3. The highest BCUT2D eigenvalue weighted by molar-refractivity contribution is 5.33. The smallest absolute Gasteiger partial charge is 0.186 e. The molecule has 2 spiro atoms. The van der Waals surface area contributed by atoms with Crippen LogP contribution in [0.25, 0.3) is 0 Å². The highest BCUT2D eigenvalue weighted by Crippen LogP contribution is 2.89. The summed E-state index contributed by atoms with van der Waals surface area (Å²) in [5.41, 5.74) is -2.20. The van der Waals surface area contributed by atoms with Gasteiger partial charge in [-0.25, -0.2) is 0 Å². The second-order valence-corrected chi connectivity index (χ2v) is 18.3. The predicted molar refractivity (Wildman–Crippen MR) is 161 cm³/mol. The lowest BCUT2D eigenvalue weighted by Gasteiger charge is -2.65. The van der Waals surface area contributed by atoms with Crippen LogP contribution in [-0.2, 0) is 14.2 Å². The van der Waals surface area contributed by atoms with E-state index in [0.29, 0.717) is 6.42 Å². The zero-order chi connectivity index (χ0) is 32.0. The lowest BCUT2D eigenvalue weighted by Crippen LogP contribution is -2.64. The van der Waals surface area contributed by atoms with E-state index in [1.165, 1.54) is 0 Å². The lowest BCUT2D eigenvalue weighted by atomic mass is 9.41. The summed E-state index contributed by atoms with van der Waals surface area (Å²) in [5.74, 6) is 0.237. The van der Waals surface area contributed by atoms with Gasteiger partial charge >= 0.3 is 0 Å². The third-order valence-corrected chi connectivity index (χ3v) is 15.5. The third kappa shape index (κ3) is 3.97. The van der Waals surface area contributed by atoms with Crippen molar-refractivity contribution >= 4 is 0 Å². The van der Waals surface area contributed by atoms with Gasteiger partial charge in [0.2, 0.25) is 0 Å². The quantitative estimate of drug-likeness (QED) is 0.260. The average Bonchev–Trinajstić information content (AvgIpc) is 3.29. The normalized spacial score (nSPS) is 59.8. The molecule has 6 N–H and O–H groups in total.